The van der Waals surface area contributed by atoms with Crippen molar-refractivity contribution in [2.24, 2.45) is 0 Å². The quantitative estimate of drug-likeness (QED) is 0.135. The van der Waals surface area contributed by atoms with E-state index in [9.17, 15) is 23.3 Å². The molecule has 11 heteroatoms. The van der Waals surface area contributed by atoms with Gasteiger partial charge in [-0.3, -0.25) is 14.3 Å². The van der Waals surface area contributed by atoms with Crippen LogP contribution in [-0.2, 0) is 30.2 Å². The molecular formula is C29H31NO9S. The number of ether oxygens (including phenoxy) is 3. The van der Waals surface area contributed by atoms with E-state index in [0.29, 0.717) is 19.3 Å². The zero-order chi connectivity index (χ0) is 28.7. The molecule has 0 unspecified atom stereocenters. The van der Waals surface area contributed by atoms with Gasteiger partial charge in [0.15, 0.2) is 0 Å². The van der Waals surface area contributed by atoms with E-state index >= 15 is 0 Å². The van der Waals surface area contributed by atoms with E-state index in [-0.39, 0.29) is 35.3 Å². The van der Waals surface area contributed by atoms with Crippen molar-refractivity contribution in [2.45, 2.75) is 55.8 Å². The van der Waals surface area contributed by atoms with Gasteiger partial charge in [0, 0.05) is 25.0 Å². The summed E-state index contributed by atoms with van der Waals surface area (Å²) in [7, 11) is -2.40. The Labute approximate surface area is 233 Å². The molecule has 4 rings (SSSR count). The number of hydrogen-bond acceptors (Lipinski definition) is 9. The van der Waals surface area contributed by atoms with Crippen LogP contribution in [0.3, 0.4) is 0 Å². The third-order valence-electron chi connectivity index (χ3n) is 6.66. The number of nitrogens with zero attached hydrogens (tertiary/aromatic N) is 1. The van der Waals surface area contributed by atoms with Gasteiger partial charge in [0.25, 0.3) is 15.8 Å². The summed E-state index contributed by atoms with van der Waals surface area (Å²) in [6.45, 7) is 1.62. The second kappa shape index (κ2) is 13.0. The Morgan fingerprint density at radius 1 is 0.975 bits per heavy atom. The van der Waals surface area contributed by atoms with E-state index in [1.807, 2.05) is 31.2 Å². The average molecular weight is 570 g/mol. The minimum Gasteiger partial charge on any atom is -0.497 e. The molecule has 1 heterocycles. The predicted octanol–water partition coefficient (Wildman–Crippen LogP) is 5.02. The van der Waals surface area contributed by atoms with Gasteiger partial charge in [0.05, 0.1) is 41.3 Å². The number of methoxy groups -OCH3 is 1. The monoisotopic (exact) mass is 569 g/mol. The zero-order valence-electron chi connectivity index (χ0n) is 22.2. The molecule has 0 spiro atoms. The number of non-ortho nitro benzene ring substituents is 1. The van der Waals surface area contributed by atoms with Crippen molar-refractivity contribution < 1.29 is 36.5 Å². The number of nitro benzene ring substituents is 1. The number of hydrogen-bond donors (Lipinski definition) is 0. The van der Waals surface area contributed by atoms with Crippen molar-refractivity contribution in [3.63, 3.8) is 0 Å². The summed E-state index contributed by atoms with van der Waals surface area (Å²) in [6, 6.07) is 19.2. The van der Waals surface area contributed by atoms with E-state index in [4.69, 9.17) is 18.4 Å². The molecule has 1 aliphatic heterocycles. The zero-order valence-corrected chi connectivity index (χ0v) is 23.0. The Kier molecular flexibility index (Phi) is 9.51. The molecule has 3 aromatic carbocycles. The molecule has 0 radical (unpaired) electrons. The molecule has 0 bridgehead atoms. The number of esters is 1. The Morgan fingerprint density at radius 2 is 1.62 bits per heavy atom. The molecule has 0 amide bonds. The summed E-state index contributed by atoms with van der Waals surface area (Å²) in [5.74, 6) is 0.130. The summed E-state index contributed by atoms with van der Waals surface area (Å²) in [6.07, 6.45) is 0.433. The van der Waals surface area contributed by atoms with E-state index in [2.05, 4.69) is 0 Å². The molecule has 1 saturated heterocycles. The van der Waals surface area contributed by atoms with Crippen LogP contribution in [0.1, 0.15) is 40.7 Å². The predicted molar refractivity (Wildman–Crippen MR) is 146 cm³/mol. The van der Waals surface area contributed by atoms with Gasteiger partial charge in [0.2, 0.25) is 0 Å². The van der Waals surface area contributed by atoms with Crippen LogP contribution in [0.15, 0.2) is 77.7 Å². The molecule has 0 saturated carbocycles. The highest BCUT2D eigenvalue weighted by molar-refractivity contribution is 7.86. The number of aryl methyl sites for hydroxylation is 2. The van der Waals surface area contributed by atoms with E-state index < -0.39 is 33.2 Å². The van der Waals surface area contributed by atoms with Gasteiger partial charge >= 0.3 is 5.97 Å². The summed E-state index contributed by atoms with van der Waals surface area (Å²) in [5, 5.41) is 10.9. The van der Waals surface area contributed by atoms with Crippen molar-refractivity contribution in [3.8, 4) is 5.75 Å². The molecule has 40 heavy (non-hydrogen) atoms. The van der Waals surface area contributed by atoms with Crippen LogP contribution in [0, 0.1) is 17.0 Å². The molecule has 3 atom stereocenters. The Balaban J connectivity index is 1.43. The fourth-order valence-electron chi connectivity index (χ4n) is 4.45. The van der Waals surface area contributed by atoms with Gasteiger partial charge in [-0.25, -0.2) is 4.79 Å². The van der Waals surface area contributed by atoms with Gasteiger partial charge in [-0.15, -0.1) is 0 Å². The van der Waals surface area contributed by atoms with Crippen LogP contribution in [0.25, 0.3) is 0 Å². The van der Waals surface area contributed by atoms with Gasteiger partial charge in [0.1, 0.15) is 11.9 Å². The lowest BCUT2D eigenvalue weighted by Gasteiger charge is -2.35. The van der Waals surface area contributed by atoms with Gasteiger partial charge in [-0.1, -0.05) is 29.8 Å². The first-order valence-corrected chi connectivity index (χ1v) is 14.2. The molecular weight excluding hydrogens is 538 g/mol. The first-order valence-electron chi connectivity index (χ1n) is 12.8. The second-order valence-electron chi connectivity index (χ2n) is 9.62. The minimum absolute atomic E-state index is 0.0473. The topological polar surface area (TPSA) is 131 Å². The van der Waals surface area contributed by atoms with Crippen molar-refractivity contribution in [2.75, 3.05) is 13.7 Å². The van der Waals surface area contributed by atoms with Crippen LogP contribution >= 0.6 is 0 Å². The SMILES string of the molecule is COc1ccc(CC[C@H]2C[C@H](OC(=O)c3ccc([N+](=O)[O-])cc3)C[C@@H](COS(=O)(=O)c3ccc(C)cc3)O2)cc1. The third kappa shape index (κ3) is 7.87. The molecule has 10 nitrogen and oxygen atoms in total. The lowest BCUT2D eigenvalue weighted by atomic mass is 9.96. The Bertz CT molecular complexity index is 1410. The van der Waals surface area contributed by atoms with Gasteiger partial charge in [-0.05, 0) is 61.7 Å². The normalized spacial score (nSPS) is 19.1. The molecule has 3 aromatic rings. The maximum atomic E-state index is 12.8. The van der Waals surface area contributed by atoms with Gasteiger partial charge < -0.3 is 14.2 Å². The summed E-state index contributed by atoms with van der Waals surface area (Å²) < 4.78 is 47.9. The number of nitro groups is 1. The highest BCUT2D eigenvalue weighted by Crippen LogP contribution is 2.28. The van der Waals surface area contributed by atoms with Crippen molar-refractivity contribution >= 4 is 21.8 Å². The van der Waals surface area contributed by atoms with Crippen molar-refractivity contribution in [1.82, 2.24) is 0 Å². The Morgan fingerprint density at radius 3 is 2.25 bits per heavy atom. The van der Waals surface area contributed by atoms with Crippen LogP contribution < -0.4 is 4.74 Å². The maximum Gasteiger partial charge on any atom is 0.338 e. The molecule has 1 aliphatic rings. The van der Waals surface area contributed by atoms with Crippen molar-refractivity contribution in [3.05, 3.63) is 99.6 Å². The molecule has 0 N–H and O–H groups in total. The maximum absolute atomic E-state index is 12.8. The number of carbonyl (C=O) groups is 1. The molecule has 0 aromatic heterocycles. The molecule has 1 fully saturated rings. The van der Waals surface area contributed by atoms with E-state index in [1.165, 1.54) is 36.4 Å². The Hall–Kier alpha value is -3.80. The summed E-state index contributed by atoms with van der Waals surface area (Å²) in [5.41, 5.74) is 2.05. The van der Waals surface area contributed by atoms with Crippen LogP contribution in [-0.4, -0.2) is 51.3 Å². The number of benzene rings is 3. The minimum atomic E-state index is -4.01. The first-order chi connectivity index (χ1) is 19.1. The second-order valence-corrected chi connectivity index (χ2v) is 11.2. The summed E-state index contributed by atoms with van der Waals surface area (Å²) >= 11 is 0. The van der Waals surface area contributed by atoms with E-state index in [1.54, 1.807) is 19.2 Å². The third-order valence-corrected chi connectivity index (χ3v) is 7.95. The van der Waals surface area contributed by atoms with E-state index in [0.717, 1.165) is 16.9 Å². The fourth-order valence-corrected chi connectivity index (χ4v) is 5.39. The number of carbonyl (C=O) groups excluding carboxylic acids is 1. The summed E-state index contributed by atoms with van der Waals surface area (Å²) in [4.78, 5) is 23.2. The lowest BCUT2D eigenvalue weighted by Crippen LogP contribution is -2.40. The highest BCUT2D eigenvalue weighted by Gasteiger charge is 2.33. The highest BCUT2D eigenvalue weighted by atomic mass is 32.2. The van der Waals surface area contributed by atoms with Gasteiger partial charge in [-0.2, -0.15) is 8.42 Å². The molecule has 0 aliphatic carbocycles. The first kappa shape index (κ1) is 29.2. The average Bonchev–Trinajstić information content (AvgIpc) is 2.95. The van der Waals surface area contributed by atoms with Crippen LogP contribution in [0.5, 0.6) is 5.75 Å². The fraction of sp³-hybridized carbons (Fsp3) is 0.345. The molecule has 212 valence electrons. The van der Waals surface area contributed by atoms with Crippen LogP contribution in [0.4, 0.5) is 5.69 Å². The standard InChI is InChI=1S/C29H31NO9S/c1-20-3-15-28(16-4-20)40(34,35)37-19-27-18-26(39-29(31)22-8-10-23(11-9-22)30(32)33)17-25(38-27)14-7-21-5-12-24(36-2)13-6-21/h3-6,8-13,15-16,25-27H,7,14,17-19H2,1-2H3/t25-,26-,27-/m0/s1. The van der Waals surface area contributed by atoms with Crippen molar-refractivity contribution in [1.29, 1.82) is 0 Å². The number of rotatable bonds is 11. The lowest BCUT2D eigenvalue weighted by molar-refractivity contribution is -0.384. The van der Waals surface area contributed by atoms with Crippen LogP contribution in [0.2, 0.25) is 0 Å². The smallest absolute Gasteiger partial charge is 0.338 e. The largest absolute Gasteiger partial charge is 0.497 e.